The van der Waals surface area contributed by atoms with Crippen LogP contribution in [-0.4, -0.2) is 140 Å². The summed E-state index contributed by atoms with van der Waals surface area (Å²) in [6.45, 7) is 4.86. The lowest BCUT2D eigenvalue weighted by atomic mass is 10.1. The zero-order valence-corrected chi connectivity index (χ0v) is 30.0. The largest absolute Gasteiger partial charge is 0.394 e. The third-order valence-electron chi connectivity index (χ3n) is 10.1. The van der Waals surface area contributed by atoms with Crippen molar-refractivity contribution in [2.75, 3.05) is 19.7 Å². The van der Waals surface area contributed by atoms with Gasteiger partial charge in [-0.15, -0.1) is 0 Å². The Morgan fingerprint density at radius 2 is 1.71 bits per heavy atom. The van der Waals surface area contributed by atoms with E-state index in [2.05, 4.69) is 37.5 Å². The fraction of sp³-hybridized carbons (Fsp3) is 0.500. The number of ether oxygens (including phenoxy) is 1. The molecule has 6 heterocycles. The average molecular weight is 768 g/mol. The molecule has 3 fully saturated rings. The van der Waals surface area contributed by atoms with Crippen LogP contribution in [0.4, 0.5) is 8.78 Å². The molecule has 5 aliphatic rings. The smallest absolute Gasteiger partial charge is 0.320 e. The SMILES string of the molecule is C=C1N=C(NC(=O)[C@@H]2CCCN2C(=O)[C@H](CC2=CCC=N2)NC(=O)[C@@H]2CCCN2C(=O)[C@@H](C)NC(=O)c2ccncc2)C=CN1C1OC(CO)C(O)C1(F)F. The highest BCUT2D eigenvalue weighted by molar-refractivity contribution is 6.07. The lowest BCUT2D eigenvalue weighted by Gasteiger charge is -2.33. The van der Waals surface area contributed by atoms with Gasteiger partial charge in [0.1, 0.15) is 41.9 Å². The number of amidine groups is 1. The quantitative estimate of drug-likeness (QED) is 0.202. The van der Waals surface area contributed by atoms with Gasteiger partial charge in [-0.3, -0.25) is 33.9 Å². The molecule has 0 aromatic carbocycles. The number of aliphatic hydroxyl groups excluding tert-OH is 2. The Labute approximate surface area is 314 Å². The Balaban J connectivity index is 1.10. The molecule has 0 aliphatic carbocycles. The molecule has 3 saturated heterocycles. The Hall–Kier alpha value is -5.40. The van der Waals surface area contributed by atoms with Crippen molar-refractivity contribution < 1.29 is 47.7 Å². The number of pyridine rings is 1. The first-order valence-corrected chi connectivity index (χ1v) is 18.0. The van der Waals surface area contributed by atoms with Gasteiger partial charge in [0.15, 0.2) is 6.10 Å². The van der Waals surface area contributed by atoms with E-state index in [0.29, 0.717) is 43.4 Å². The second-order valence-electron chi connectivity index (χ2n) is 13.8. The van der Waals surface area contributed by atoms with E-state index in [1.807, 2.05) is 6.08 Å². The molecule has 0 spiro atoms. The minimum absolute atomic E-state index is 0.0375. The summed E-state index contributed by atoms with van der Waals surface area (Å²) in [7, 11) is 0. The standard InChI is InChI=1S/C36H43F2N9O8/c1-20(41-30(50)22-9-13-39-14-10-22)33(53)46-15-4-7-25(46)31(51)43-24(18-23-6-3-12-40-23)34(54)47-16-5-8-26(47)32(52)44-28-11-17-45(21(2)42-28)35-36(37,38)29(49)27(19-48)55-35/h6,9-14,17,20,24-27,29,35,48-49H,2-5,7-8,15-16,18-19H2,1H3,(H,41,50)(H,43,51)(H,42,44,52)/t20-,24+,25+,26+,27?,29?,35?/m1/s1. The van der Waals surface area contributed by atoms with E-state index in [4.69, 9.17) is 4.74 Å². The topological polar surface area (TPSA) is 218 Å². The number of rotatable bonds is 11. The summed E-state index contributed by atoms with van der Waals surface area (Å²) in [4.78, 5) is 83.7. The number of amides is 5. The number of aliphatic hydroxyl groups is 2. The van der Waals surface area contributed by atoms with Gasteiger partial charge in [-0.25, -0.2) is 4.99 Å². The van der Waals surface area contributed by atoms with Crippen molar-refractivity contribution in [2.45, 2.75) is 94.0 Å². The number of nitrogens with zero attached hydrogens (tertiary/aromatic N) is 6. The maximum absolute atomic E-state index is 14.7. The molecule has 19 heteroatoms. The van der Waals surface area contributed by atoms with E-state index in [0.717, 1.165) is 11.1 Å². The molecule has 5 N–H and O–H groups in total. The van der Waals surface area contributed by atoms with Gasteiger partial charge < -0.3 is 45.6 Å². The van der Waals surface area contributed by atoms with Crippen molar-refractivity contribution in [1.29, 1.82) is 0 Å². The molecule has 3 unspecified atom stereocenters. The molecule has 294 valence electrons. The second-order valence-corrected chi connectivity index (χ2v) is 13.8. The van der Waals surface area contributed by atoms with E-state index in [1.54, 1.807) is 6.21 Å². The molecular formula is C36H43F2N9O8. The number of carbonyl (C=O) groups is 5. The number of carbonyl (C=O) groups excluding carboxylic acids is 5. The van der Waals surface area contributed by atoms with Crippen LogP contribution in [0.3, 0.4) is 0 Å². The summed E-state index contributed by atoms with van der Waals surface area (Å²) in [6.07, 6.45) is 5.24. The molecule has 5 aliphatic heterocycles. The van der Waals surface area contributed by atoms with Gasteiger partial charge in [0.2, 0.25) is 29.9 Å². The highest BCUT2D eigenvalue weighted by Crippen LogP contribution is 2.40. The van der Waals surface area contributed by atoms with Gasteiger partial charge in [0.25, 0.3) is 5.91 Å². The first-order chi connectivity index (χ1) is 26.3. The summed E-state index contributed by atoms with van der Waals surface area (Å²) in [5.74, 6) is -6.66. The monoisotopic (exact) mass is 767 g/mol. The number of allylic oxidation sites excluding steroid dienone is 1. The van der Waals surface area contributed by atoms with Crippen LogP contribution in [0.25, 0.3) is 0 Å². The summed E-state index contributed by atoms with van der Waals surface area (Å²) < 4.78 is 34.6. The number of halogens is 2. The Kier molecular flexibility index (Phi) is 11.8. The molecule has 0 saturated carbocycles. The highest BCUT2D eigenvalue weighted by atomic mass is 19.3. The Morgan fingerprint density at radius 1 is 1.04 bits per heavy atom. The van der Waals surface area contributed by atoms with Gasteiger partial charge in [-0.2, -0.15) is 8.78 Å². The van der Waals surface area contributed by atoms with Gasteiger partial charge in [-0.05, 0) is 50.8 Å². The van der Waals surface area contributed by atoms with E-state index in [9.17, 15) is 43.0 Å². The van der Waals surface area contributed by atoms with Gasteiger partial charge in [0, 0.05) is 62.0 Å². The minimum atomic E-state index is -3.77. The van der Waals surface area contributed by atoms with Crippen LogP contribution in [0.5, 0.6) is 0 Å². The van der Waals surface area contributed by atoms with Crippen molar-refractivity contribution in [3.05, 3.63) is 66.5 Å². The Bertz CT molecular complexity index is 1820. The van der Waals surface area contributed by atoms with E-state index < -0.39 is 84.7 Å². The molecule has 17 nitrogen and oxygen atoms in total. The lowest BCUT2D eigenvalue weighted by molar-refractivity contribution is -0.148. The minimum Gasteiger partial charge on any atom is -0.394 e. The molecule has 0 radical (unpaired) electrons. The van der Waals surface area contributed by atoms with Crippen LogP contribution in [0, 0.1) is 0 Å². The predicted octanol–water partition coefficient (Wildman–Crippen LogP) is -0.0562. The van der Waals surface area contributed by atoms with Crippen LogP contribution >= 0.6 is 0 Å². The van der Waals surface area contributed by atoms with Gasteiger partial charge in [0.05, 0.1) is 6.61 Å². The molecule has 1 aromatic rings. The lowest BCUT2D eigenvalue weighted by Crippen LogP contribution is -2.57. The zero-order valence-electron chi connectivity index (χ0n) is 30.0. The molecule has 1 aromatic heterocycles. The maximum atomic E-state index is 14.7. The summed E-state index contributed by atoms with van der Waals surface area (Å²) in [5, 5.41) is 27.3. The summed E-state index contributed by atoms with van der Waals surface area (Å²) >= 11 is 0. The number of hydrogen-bond donors (Lipinski definition) is 5. The first kappa shape index (κ1) is 39.3. The first-order valence-electron chi connectivity index (χ1n) is 18.0. The van der Waals surface area contributed by atoms with Crippen molar-refractivity contribution >= 4 is 41.6 Å². The fourth-order valence-corrected chi connectivity index (χ4v) is 7.21. The fourth-order valence-electron chi connectivity index (χ4n) is 7.21. The number of hydrogen-bond acceptors (Lipinski definition) is 12. The third kappa shape index (κ3) is 8.32. The molecule has 6 rings (SSSR count). The van der Waals surface area contributed by atoms with Crippen LogP contribution < -0.4 is 16.0 Å². The number of aromatic nitrogens is 1. The molecular weight excluding hydrogens is 724 g/mol. The van der Waals surface area contributed by atoms with Crippen molar-refractivity contribution in [3.8, 4) is 0 Å². The summed E-state index contributed by atoms with van der Waals surface area (Å²) in [5.41, 5.74) is 0.899. The van der Waals surface area contributed by atoms with Crippen molar-refractivity contribution in [1.82, 2.24) is 35.6 Å². The summed E-state index contributed by atoms with van der Waals surface area (Å²) in [6, 6.07) is -0.915. The van der Waals surface area contributed by atoms with Crippen molar-refractivity contribution in [2.24, 2.45) is 9.98 Å². The van der Waals surface area contributed by atoms with E-state index in [-0.39, 0.29) is 31.2 Å². The van der Waals surface area contributed by atoms with Crippen LogP contribution in [-0.2, 0) is 23.9 Å². The number of likely N-dealkylation sites (tertiary alicyclic amines) is 2. The Morgan fingerprint density at radius 3 is 2.33 bits per heavy atom. The predicted molar refractivity (Wildman–Crippen MR) is 191 cm³/mol. The molecule has 0 bridgehead atoms. The number of aliphatic imine (C=N–C) groups is 2. The normalized spacial score (nSPS) is 26.7. The van der Waals surface area contributed by atoms with Crippen LogP contribution in [0.1, 0.15) is 55.8 Å². The van der Waals surface area contributed by atoms with Crippen LogP contribution in [0.15, 0.2) is 71.0 Å². The highest BCUT2D eigenvalue weighted by Gasteiger charge is 2.60. The zero-order chi connectivity index (χ0) is 39.4. The third-order valence-corrected chi connectivity index (χ3v) is 10.1. The van der Waals surface area contributed by atoms with Crippen LogP contribution in [0.2, 0.25) is 0 Å². The van der Waals surface area contributed by atoms with Gasteiger partial charge in [-0.1, -0.05) is 12.7 Å². The van der Waals surface area contributed by atoms with Gasteiger partial charge >= 0.3 is 5.92 Å². The van der Waals surface area contributed by atoms with E-state index in [1.165, 1.54) is 47.3 Å². The number of alkyl halides is 2. The van der Waals surface area contributed by atoms with E-state index >= 15 is 0 Å². The second kappa shape index (κ2) is 16.5. The van der Waals surface area contributed by atoms with Crippen molar-refractivity contribution in [3.63, 3.8) is 0 Å². The maximum Gasteiger partial charge on any atom is 0.320 e. The number of nitrogens with one attached hydrogen (secondary N) is 3. The molecule has 5 amide bonds. The molecule has 55 heavy (non-hydrogen) atoms. The molecule has 7 atom stereocenters. The average Bonchev–Trinajstić information content (AvgIpc) is 4.00.